The number of fused-ring (bicyclic) bond motifs is 1. The van der Waals surface area contributed by atoms with Gasteiger partial charge in [0.25, 0.3) is 0 Å². The summed E-state index contributed by atoms with van der Waals surface area (Å²) in [5, 5.41) is 11.9. The van der Waals surface area contributed by atoms with E-state index in [1.54, 1.807) is 0 Å². The first-order valence-corrected chi connectivity index (χ1v) is 11.0. The van der Waals surface area contributed by atoms with E-state index in [4.69, 9.17) is 9.47 Å². The minimum absolute atomic E-state index is 0.255. The van der Waals surface area contributed by atoms with Crippen molar-refractivity contribution in [3.05, 3.63) is 30.5 Å². The second-order valence-electron chi connectivity index (χ2n) is 9.07. The summed E-state index contributed by atoms with van der Waals surface area (Å²) in [4.78, 5) is 2.38. The number of rotatable bonds is 6. The minimum Gasteiger partial charge on any atom is -0.490 e. The molecule has 3 fully saturated rings. The van der Waals surface area contributed by atoms with Gasteiger partial charge in [0.05, 0.1) is 12.1 Å². The lowest BCUT2D eigenvalue weighted by molar-refractivity contribution is -0.104. The van der Waals surface area contributed by atoms with Crippen LogP contribution in [0.4, 0.5) is 0 Å². The standard InChI is InChI=1S/C23H32N2O3/c26-23(10-2-14-27-17-23)16-24-11-7-19(8-12-24)28-22-4-1-3-21-20(22)9-13-25(21)15-18-5-6-18/h1,3-4,9,13,18-19,26H,2,5-8,10-12,14-17H2. The van der Waals surface area contributed by atoms with Crippen molar-refractivity contribution >= 4 is 10.9 Å². The molecule has 0 spiro atoms. The predicted octanol–water partition coefficient (Wildman–Crippen LogP) is 3.44. The average molecular weight is 385 g/mol. The van der Waals surface area contributed by atoms with Gasteiger partial charge in [-0.15, -0.1) is 0 Å². The number of nitrogens with zero attached hydrogens (tertiary/aromatic N) is 2. The van der Waals surface area contributed by atoms with Crippen molar-refractivity contribution in [2.24, 2.45) is 5.92 Å². The summed E-state index contributed by atoms with van der Waals surface area (Å²) >= 11 is 0. The third-order valence-electron chi connectivity index (χ3n) is 6.57. The van der Waals surface area contributed by atoms with E-state index in [0.717, 1.165) is 70.1 Å². The SMILES string of the molecule is OC1(CN2CCC(Oc3cccc4c3ccn4CC3CC3)CC2)CCCOC1. The molecule has 0 bridgehead atoms. The highest BCUT2D eigenvalue weighted by atomic mass is 16.5. The lowest BCUT2D eigenvalue weighted by Crippen LogP contribution is -2.51. The molecule has 0 radical (unpaired) electrons. The number of aromatic nitrogens is 1. The quantitative estimate of drug-likeness (QED) is 0.829. The third kappa shape index (κ3) is 4.07. The van der Waals surface area contributed by atoms with Crippen LogP contribution in [-0.2, 0) is 11.3 Å². The second kappa shape index (κ2) is 7.69. The van der Waals surface area contributed by atoms with Crippen LogP contribution in [0.15, 0.2) is 30.5 Å². The Hall–Kier alpha value is -1.56. The lowest BCUT2D eigenvalue weighted by Gasteiger charge is -2.39. The van der Waals surface area contributed by atoms with Gasteiger partial charge in [0.2, 0.25) is 0 Å². The number of hydrogen-bond donors (Lipinski definition) is 1. The Balaban J connectivity index is 1.19. The Bertz CT molecular complexity index is 799. The molecule has 0 amide bonds. The molecule has 5 nitrogen and oxygen atoms in total. The highest BCUT2D eigenvalue weighted by Crippen LogP contribution is 2.34. The molecular weight excluding hydrogens is 352 g/mol. The zero-order valence-corrected chi connectivity index (χ0v) is 16.7. The molecule has 1 aromatic carbocycles. The monoisotopic (exact) mass is 384 g/mol. The van der Waals surface area contributed by atoms with Crippen molar-refractivity contribution in [1.29, 1.82) is 0 Å². The smallest absolute Gasteiger partial charge is 0.129 e. The van der Waals surface area contributed by atoms with E-state index in [2.05, 4.69) is 39.9 Å². The van der Waals surface area contributed by atoms with Gasteiger partial charge in [0.1, 0.15) is 17.5 Å². The van der Waals surface area contributed by atoms with Crippen LogP contribution in [-0.4, -0.2) is 59.1 Å². The van der Waals surface area contributed by atoms with Crippen LogP contribution in [0.5, 0.6) is 5.75 Å². The van der Waals surface area contributed by atoms with E-state index >= 15 is 0 Å². The number of aliphatic hydroxyl groups is 1. The average Bonchev–Trinajstić information content (AvgIpc) is 3.42. The summed E-state index contributed by atoms with van der Waals surface area (Å²) < 4.78 is 14.3. The zero-order chi connectivity index (χ0) is 19.0. The van der Waals surface area contributed by atoms with Gasteiger partial charge in [-0.2, -0.15) is 0 Å². The Morgan fingerprint density at radius 2 is 2.00 bits per heavy atom. The highest BCUT2D eigenvalue weighted by Gasteiger charge is 2.34. The molecule has 5 heteroatoms. The first kappa shape index (κ1) is 18.5. The number of hydrogen-bond acceptors (Lipinski definition) is 4. The van der Waals surface area contributed by atoms with Gasteiger partial charge < -0.3 is 24.0 Å². The largest absolute Gasteiger partial charge is 0.490 e. The van der Waals surface area contributed by atoms with Crippen molar-refractivity contribution in [2.45, 2.75) is 56.8 Å². The number of piperidine rings is 1. The Morgan fingerprint density at radius 1 is 1.14 bits per heavy atom. The van der Waals surface area contributed by atoms with Gasteiger partial charge in [-0.25, -0.2) is 0 Å². The Labute approximate surface area is 167 Å². The predicted molar refractivity (Wildman–Crippen MR) is 110 cm³/mol. The molecular formula is C23H32N2O3. The van der Waals surface area contributed by atoms with Gasteiger partial charge in [-0.1, -0.05) is 6.07 Å². The molecule has 1 N–H and O–H groups in total. The van der Waals surface area contributed by atoms with Crippen molar-refractivity contribution in [2.75, 3.05) is 32.8 Å². The van der Waals surface area contributed by atoms with Gasteiger partial charge >= 0.3 is 0 Å². The topological polar surface area (TPSA) is 46.9 Å². The molecule has 2 saturated heterocycles. The molecule has 1 aliphatic carbocycles. The molecule has 28 heavy (non-hydrogen) atoms. The van der Waals surface area contributed by atoms with E-state index in [0.29, 0.717) is 6.61 Å². The molecule has 1 atom stereocenters. The minimum atomic E-state index is -0.665. The normalized spacial score (nSPS) is 27.3. The van der Waals surface area contributed by atoms with E-state index in [9.17, 15) is 5.11 Å². The van der Waals surface area contributed by atoms with Gasteiger partial charge in [-0.3, -0.25) is 0 Å². The summed E-state index contributed by atoms with van der Waals surface area (Å²) in [5.74, 6) is 1.89. The summed E-state index contributed by atoms with van der Waals surface area (Å²) in [6.07, 6.45) is 9.04. The number of likely N-dealkylation sites (tertiary alicyclic amines) is 1. The molecule has 3 heterocycles. The fourth-order valence-corrected chi connectivity index (χ4v) is 4.78. The molecule has 152 valence electrons. The molecule has 2 aliphatic heterocycles. The van der Waals surface area contributed by atoms with Crippen LogP contribution >= 0.6 is 0 Å². The van der Waals surface area contributed by atoms with Crippen molar-refractivity contribution in [3.8, 4) is 5.75 Å². The van der Waals surface area contributed by atoms with Crippen LogP contribution in [0.3, 0.4) is 0 Å². The fraction of sp³-hybridized carbons (Fsp3) is 0.652. The highest BCUT2D eigenvalue weighted by molar-refractivity contribution is 5.86. The van der Waals surface area contributed by atoms with Crippen molar-refractivity contribution < 1.29 is 14.6 Å². The number of ether oxygens (including phenoxy) is 2. The summed E-state index contributed by atoms with van der Waals surface area (Å²) in [6.45, 7) is 5.07. The van der Waals surface area contributed by atoms with Crippen LogP contribution in [0.2, 0.25) is 0 Å². The third-order valence-corrected chi connectivity index (χ3v) is 6.57. The maximum atomic E-state index is 10.7. The summed E-state index contributed by atoms with van der Waals surface area (Å²) in [5.41, 5.74) is 0.628. The molecule has 3 aliphatic rings. The number of benzene rings is 1. The van der Waals surface area contributed by atoms with Gasteiger partial charge in [-0.05, 0) is 62.6 Å². The van der Waals surface area contributed by atoms with Crippen LogP contribution < -0.4 is 4.74 Å². The lowest BCUT2D eigenvalue weighted by atomic mass is 9.95. The number of β-amino-alcohol motifs (C(OH)–C–C–N with tert-alkyl or cyclic N) is 1. The molecule has 1 saturated carbocycles. The molecule has 1 unspecified atom stereocenters. The maximum absolute atomic E-state index is 10.7. The second-order valence-corrected chi connectivity index (χ2v) is 9.07. The van der Waals surface area contributed by atoms with Gasteiger partial charge in [0, 0.05) is 44.4 Å². The van der Waals surface area contributed by atoms with Crippen LogP contribution in [0, 0.1) is 5.92 Å². The van der Waals surface area contributed by atoms with E-state index in [1.165, 1.54) is 23.7 Å². The Morgan fingerprint density at radius 3 is 2.75 bits per heavy atom. The van der Waals surface area contributed by atoms with Gasteiger partial charge in [0.15, 0.2) is 0 Å². The van der Waals surface area contributed by atoms with E-state index in [1.807, 2.05) is 0 Å². The maximum Gasteiger partial charge on any atom is 0.129 e. The van der Waals surface area contributed by atoms with Crippen molar-refractivity contribution in [1.82, 2.24) is 9.47 Å². The molecule has 2 aromatic rings. The van der Waals surface area contributed by atoms with E-state index in [-0.39, 0.29) is 6.10 Å². The van der Waals surface area contributed by atoms with Crippen LogP contribution in [0.25, 0.3) is 10.9 Å². The molecule has 5 rings (SSSR count). The van der Waals surface area contributed by atoms with Crippen LogP contribution in [0.1, 0.15) is 38.5 Å². The summed E-state index contributed by atoms with van der Waals surface area (Å²) in [7, 11) is 0. The van der Waals surface area contributed by atoms with Crippen molar-refractivity contribution in [3.63, 3.8) is 0 Å². The van der Waals surface area contributed by atoms with E-state index < -0.39 is 5.60 Å². The molecule has 1 aromatic heterocycles. The Kier molecular flexibility index (Phi) is 5.07. The fourth-order valence-electron chi connectivity index (χ4n) is 4.78. The zero-order valence-electron chi connectivity index (χ0n) is 16.7. The first-order valence-electron chi connectivity index (χ1n) is 11.0. The first-order chi connectivity index (χ1) is 13.7. The summed E-state index contributed by atoms with van der Waals surface area (Å²) in [6, 6.07) is 8.65.